The van der Waals surface area contributed by atoms with Crippen molar-refractivity contribution in [3.05, 3.63) is 17.0 Å². The van der Waals surface area contributed by atoms with Crippen molar-refractivity contribution in [2.75, 3.05) is 12.4 Å². The van der Waals surface area contributed by atoms with Gasteiger partial charge in [0.1, 0.15) is 4.21 Å². The van der Waals surface area contributed by atoms with E-state index in [9.17, 15) is 13.2 Å². The summed E-state index contributed by atoms with van der Waals surface area (Å²) in [5.74, 6) is 0. The Morgan fingerprint density at radius 3 is 2.91 bits per heavy atom. The van der Waals surface area contributed by atoms with Crippen molar-refractivity contribution in [3.8, 4) is 5.19 Å². The van der Waals surface area contributed by atoms with Crippen molar-refractivity contribution in [2.24, 2.45) is 0 Å². The van der Waals surface area contributed by atoms with E-state index in [2.05, 4.69) is 20.8 Å². The van der Waals surface area contributed by atoms with Crippen LogP contribution < -0.4 is 15.4 Å². The van der Waals surface area contributed by atoms with E-state index in [4.69, 9.17) is 4.74 Å². The van der Waals surface area contributed by atoms with Crippen molar-refractivity contribution in [3.63, 3.8) is 0 Å². The number of rotatable bonds is 3. The molecule has 0 aromatic carbocycles. The summed E-state index contributed by atoms with van der Waals surface area (Å²) in [4.78, 5) is 12.1. The van der Waals surface area contributed by atoms with Crippen LogP contribution in [0.1, 0.15) is 24.9 Å². The molecule has 23 heavy (non-hydrogen) atoms. The summed E-state index contributed by atoms with van der Waals surface area (Å²) in [6, 6.07) is 0.921. The maximum atomic E-state index is 12.3. The van der Waals surface area contributed by atoms with Gasteiger partial charge in [0.2, 0.25) is 5.13 Å². The lowest BCUT2D eigenvalue weighted by Gasteiger charge is -2.27. The lowest BCUT2D eigenvalue weighted by molar-refractivity contribution is 0.247. The van der Waals surface area contributed by atoms with Crippen LogP contribution in [0.4, 0.5) is 9.93 Å². The van der Waals surface area contributed by atoms with E-state index in [-0.39, 0.29) is 6.04 Å². The van der Waals surface area contributed by atoms with Gasteiger partial charge in [0.05, 0.1) is 18.4 Å². The molecule has 2 amide bonds. The highest BCUT2D eigenvalue weighted by atomic mass is 32.2. The smallest absolute Gasteiger partial charge is 0.321 e. The quantitative estimate of drug-likeness (QED) is 0.851. The van der Waals surface area contributed by atoms with E-state index in [0.29, 0.717) is 26.5 Å². The summed E-state index contributed by atoms with van der Waals surface area (Å²) in [5.41, 5.74) is 0.637. The third-order valence-electron chi connectivity index (χ3n) is 3.50. The van der Waals surface area contributed by atoms with Gasteiger partial charge in [-0.3, -0.25) is 5.32 Å². The third-order valence-corrected chi connectivity index (χ3v) is 8.01. The zero-order chi connectivity index (χ0) is 16.6. The van der Waals surface area contributed by atoms with Gasteiger partial charge in [-0.15, -0.1) is 16.4 Å². The van der Waals surface area contributed by atoms with Gasteiger partial charge in [0, 0.05) is 5.56 Å². The molecule has 8 nitrogen and oxygen atoms in total. The fourth-order valence-electron chi connectivity index (χ4n) is 2.33. The van der Waals surface area contributed by atoms with Crippen molar-refractivity contribution in [2.45, 2.75) is 28.8 Å². The number of aromatic nitrogens is 2. The topological polar surface area (TPSA) is 110 Å². The van der Waals surface area contributed by atoms with Crippen LogP contribution in [0.2, 0.25) is 0 Å². The maximum Gasteiger partial charge on any atom is 0.321 e. The van der Waals surface area contributed by atoms with Crippen molar-refractivity contribution >= 4 is 43.7 Å². The van der Waals surface area contributed by atoms with E-state index < -0.39 is 21.1 Å². The van der Waals surface area contributed by atoms with Crippen molar-refractivity contribution in [1.29, 1.82) is 0 Å². The second-order valence-electron chi connectivity index (χ2n) is 4.98. The molecule has 0 radical (unpaired) electrons. The van der Waals surface area contributed by atoms with Gasteiger partial charge >= 0.3 is 6.03 Å². The number of nitrogens with zero attached hydrogens (tertiary/aromatic N) is 2. The summed E-state index contributed by atoms with van der Waals surface area (Å²) < 4.78 is 29.8. The molecule has 0 bridgehead atoms. The van der Waals surface area contributed by atoms with Gasteiger partial charge in [0.25, 0.3) is 5.19 Å². The van der Waals surface area contributed by atoms with Crippen molar-refractivity contribution in [1.82, 2.24) is 15.5 Å². The van der Waals surface area contributed by atoms with Gasteiger partial charge in [-0.2, -0.15) is 0 Å². The van der Waals surface area contributed by atoms with Gasteiger partial charge in [0.15, 0.2) is 9.84 Å². The molecule has 2 aromatic heterocycles. The number of amides is 2. The standard InChI is InChI=1S/C12H14N4O4S3/c1-6-5-8(7-3-4-21-9(7)23(6,18)19)13-10(17)14-11-15-16-12(20-2)22-11/h3-4,6,8H,5H2,1-2H3,(H2,13,14,15,17)/t6-,8-/m0/s1. The summed E-state index contributed by atoms with van der Waals surface area (Å²) in [6.07, 6.45) is 0.332. The molecule has 0 aliphatic carbocycles. The number of carbonyl (C=O) groups is 1. The number of anilines is 1. The Bertz CT molecular complexity index is 829. The summed E-state index contributed by atoms with van der Waals surface area (Å²) in [5, 5.41) is 14.7. The molecular weight excluding hydrogens is 360 g/mol. The average molecular weight is 374 g/mol. The molecule has 2 aromatic rings. The first-order chi connectivity index (χ1) is 10.9. The number of hydrogen-bond donors (Lipinski definition) is 2. The first kappa shape index (κ1) is 16.1. The second-order valence-corrected chi connectivity index (χ2v) is 9.40. The lowest BCUT2D eigenvalue weighted by atomic mass is 10.1. The molecule has 1 aliphatic rings. The zero-order valence-corrected chi connectivity index (χ0v) is 14.7. The minimum absolute atomic E-state index is 0.307. The SMILES string of the molecule is COc1nnc(NC(=O)N[C@H]2C[C@H](C)S(=O)(=O)c3sccc32)s1. The fourth-order valence-corrected chi connectivity index (χ4v) is 6.12. The summed E-state index contributed by atoms with van der Waals surface area (Å²) in [6.45, 7) is 1.65. The Morgan fingerprint density at radius 1 is 1.43 bits per heavy atom. The number of methoxy groups -OCH3 is 1. The Balaban J connectivity index is 1.74. The molecule has 2 N–H and O–H groups in total. The second kappa shape index (κ2) is 6.06. The summed E-state index contributed by atoms with van der Waals surface area (Å²) >= 11 is 2.28. The highest BCUT2D eigenvalue weighted by molar-refractivity contribution is 7.94. The number of nitrogens with one attached hydrogen (secondary N) is 2. The van der Waals surface area contributed by atoms with Crippen LogP contribution in [0.5, 0.6) is 5.19 Å². The lowest BCUT2D eigenvalue weighted by Crippen LogP contribution is -2.38. The number of thiophene rings is 1. The van der Waals surface area contributed by atoms with E-state index in [1.807, 2.05) is 0 Å². The number of fused-ring (bicyclic) bond motifs is 1. The number of sulfone groups is 1. The van der Waals surface area contributed by atoms with Gasteiger partial charge in [-0.1, -0.05) is 5.10 Å². The molecule has 2 atom stereocenters. The molecule has 0 fully saturated rings. The van der Waals surface area contributed by atoms with Crippen LogP contribution >= 0.6 is 22.7 Å². The van der Waals surface area contributed by atoms with Crippen LogP contribution in [0.3, 0.4) is 0 Å². The largest absolute Gasteiger partial charge is 0.472 e. The zero-order valence-electron chi connectivity index (χ0n) is 12.3. The first-order valence-corrected chi connectivity index (χ1v) is 9.92. The Kier molecular flexibility index (Phi) is 4.25. The maximum absolute atomic E-state index is 12.3. The number of hydrogen-bond acceptors (Lipinski definition) is 8. The molecule has 1 aliphatic heterocycles. The molecule has 0 unspecified atom stereocenters. The van der Waals surface area contributed by atoms with Gasteiger partial charge in [-0.25, -0.2) is 13.2 Å². The Labute approximate surface area is 140 Å². The summed E-state index contributed by atoms with van der Waals surface area (Å²) in [7, 11) is -1.83. The monoisotopic (exact) mass is 374 g/mol. The van der Waals surface area contributed by atoms with E-state index in [1.54, 1.807) is 18.4 Å². The molecule has 0 saturated heterocycles. The molecule has 0 saturated carbocycles. The van der Waals surface area contributed by atoms with E-state index >= 15 is 0 Å². The van der Waals surface area contributed by atoms with Gasteiger partial charge < -0.3 is 10.1 Å². The molecule has 3 heterocycles. The normalized spacial score (nSPS) is 22.2. The number of urea groups is 1. The van der Waals surface area contributed by atoms with Crippen LogP contribution in [-0.4, -0.2) is 37.0 Å². The molecular formula is C12H14N4O4S3. The molecule has 3 rings (SSSR count). The van der Waals surface area contributed by atoms with Crippen molar-refractivity contribution < 1.29 is 17.9 Å². The first-order valence-electron chi connectivity index (χ1n) is 6.68. The predicted octanol–water partition coefficient (Wildman–Crippen LogP) is 2.04. The number of carbonyl (C=O) groups excluding carboxylic acids is 1. The van der Waals surface area contributed by atoms with E-state index in [1.165, 1.54) is 18.4 Å². The predicted molar refractivity (Wildman–Crippen MR) is 86.9 cm³/mol. The fraction of sp³-hybridized carbons (Fsp3) is 0.417. The molecule has 0 spiro atoms. The van der Waals surface area contributed by atoms with Crippen LogP contribution in [0.15, 0.2) is 15.7 Å². The Morgan fingerprint density at radius 2 is 2.22 bits per heavy atom. The minimum Gasteiger partial charge on any atom is -0.472 e. The van der Waals surface area contributed by atoms with E-state index in [0.717, 1.165) is 11.3 Å². The van der Waals surface area contributed by atoms with Crippen LogP contribution in [0, 0.1) is 0 Å². The molecule has 11 heteroatoms. The van der Waals surface area contributed by atoms with Gasteiger partial charge in [-0.05, 0) is 36.1 Å². The van der Waals surface area contributed by atoms with Crippen LogP contribution in [-0.2, 0) is 9.84 Å². The highest BCUT2D eigenvalue weighted by Crippen LogP contribution is 2.39. The highest BCUT2D eigenvalue weighted by Gasteiger charge is 2.38. The Hall–Kier alpha value is -1.72. The number of ether oxygens (including phenoxy) is 1. The van der Waals surface area contributed by atoms with Crippen LogP contribution in [0.25, 0.3) is 0 Å². The minimum atomic E-state index is -3.30. The molecule has 124 valence electrons. The third kappa shape index (κ3) is 3.03. The average Bonchev–Trinajstić information content (AvgIpc) is 3.14.